The lowest BCUT2D eigenvalue weighted by molar-refractivity contribution is -0.125. The Bertz CT molecular complexity index is 597. The molecule has 6 heteroatoms. The van der Waals surface area contributed by atoms with Gasteiger partial charge in [-0.1, -0.05) is 0 Å². The van der Waals surface area contributed by atoms with E-state index in [9.17, 15) is 9.00 Å². The van der Waals surface area contributed by atoms with Crippen molar-refractivity contribution < 1.29 is 18.8 Å². The van der Waals surface area contributed by atoms with Crippen LogP contribution in [0.2, 0.25) is 0 Å². The van der Waals surface area contributed by atoms with Crippen LogP contribution in [0, 0.1) is 0 Å². The van der Waals surface area contributed by atoms with Crippen LogP contribution in [0.1, 0.15) is 42.5 Å². The Morgan fingerprint density at radius 3 is 2.81 bits per heavy atom. The largest absolute Gasteiger partial charge is 0.478 e. The molecule has 1 N–H and O–H groups in total. The van der Waals surface area contributed by atoms with Crippen molar-refractivity contribution in [1.82, 2.24) is 0 Å². The molecule has 1 spiro atoms. The van der Waals surface area contributed by atoms with Gasteiger partial charge in [0.25, 0.3) is 0 Å². The maximum Gasteiger partial charge on any atom is 0.336 e. The van der Waals surface area contributed by atoms with Gasteiger partial charge >= 0.3 is 5.97 Å². The summed E-state index contributed by atoms with van der Waals surface area (Å²) in [6.07, 6.45) is 4.88. The van der Waals surface area contributed by atoms with E-state index < -0.39 is 16.8 Å². The molecular formula is C15H17BrO4S. The van der Waals surface area contributed by atoms with Crippen molar-refractivity contribution in [2.24, 2.45) is 0 Å². The summed E-state index contributed by atoms with van der Waals surface area (Å²) in [6, 6.07) is 4.93. The normalized spacial score (nSPS) is 25.3. The first-order chi connectivity index (χ1) is 10.0. The lowest BCUT2D eigenvalue weighted by Gasteiger charge is -2.46. The van der Waals surface area contributed by atoms with E-state index >= 15 is 0 Å². The van der Waals surface area contributed by atoms with Gasteiger partial charge in [-0.05, 0) is 66.2 Å². The van der Waals surface area contributed by atoms with Crippen LogP contribution in [0.5, 0.6) is 0 Å². The number of halogens is 1. The van der Waals surface area contributed by atoms with Crippen molar-refractivity contribution in [1.29, 1.82) is 0 Å². The van der Waals surface area contributed by atoms with Gasteiger partial charge in [-0.15, -0.1) is 0 Å². The van der Waals surface area contributed by atoms with Gasteiger partial charge in [0.1, 0.15) is 0 Å². The standard InChI is InChI=1S/C15H17BrO4S/c16-13-3-2-10(8-12(13)14(17)18)21(19)11-4-7-20-15(9-11)5-1-6-15/h2-3,8,11H,1,4-7,9H2,(H,17,18). The minimum atomic E-state index is -1.18. The van der Waals surface area contributed by atoms with Crippen molar-refractivity contribution in [3.63, 3.8) is 0 Å². The third-order valence-electron chi connectivity index (χ3n) is 4.42. The zero-order chi connectivity index (χ0) is 15.0. The fourth-order valence-corrected chi connectivity index (χ4v) is 5.07. The predicted octanol–water partition coefficient (Wildman–Crippen LogP) is 3.36. The van der Waals surface area contributed by atoms with Crippen LogP contribution in [0.3, 0.4) is 0 Å². The summed E-state index contributed by atoms with van der Waals surface area (Å²) in [4.78, 5) is 11.8. The van der Waals surface area contributed by atoms with Crippen LogP contribution in [0.25, 0.3) is 0 Å². The summed E-state index contributed by atoms with van der Waals surface area (Å²) in [6.45, 7) is 0.652. The highest BCUT2D eigenvalue weighted by molar-refractivity contribution is 9.10. The number of benzene rings is 1. The number of hydrogen-bond donors (Lipinski definition) is 1. The van der Waals surface area contributed by atoms with Crippen molar-refractivity contribution >= 4 is 32.7 Å². The Kier molecular flexibility index (Phi) is 4.21. The number of hydrogen-bond acceptors (Lipinski definition) is 3. The van der Waals surface area contributed by atoms with Crippen molar-refractivity contribution in [3.05, 3.63) is 28.2 Å². The van der Waals surface area contributed by atoms with E-state index in [2.05, 4.69) is 15.9 Å². The summed E-state index contributed by atoms with van der Waals surface area (Å²) in [5.74, 6) is -1.01. The Hall–Kier alpha value is -0.720. The number of ether oxygens (including phenoxy) is 1. The van der Waals surface area contributed by atoms with E-state index in [1.54, 1.807) is 12.1 Å². The third kappa shape index (κ3) is 2.94. The lowest BCUT2D eigenvalue weighted by Crippen LogP contribution is -2.48. The number of carbonyl (C=O) groups is 1. The van der Waals surface area contributed by atoms with Crippen LogP contribution < -0.4 is 0 Å². The molecule has 0 aromatic heterocycles. The van der Waals surface area contributed by atoms with Gasteiger partial charge in [-0.2, -0.15) is 0 Å². The molecule has 1 saturated carbocycles. The molecule has 4 nitrogen and oxygen atoms in total. The predicted molar refractivity (Wildman–Crippen MR) is 83.1 cm³/mol. The molecule has 1 saturated heterocycles. The highest BCUT2D eigenvalue weighted by Crippen LogP contribution is 2.44. The van der Waals surface area contributed by atoms with Gasteiger partial charge in [0.2, 0.25) is 0 Å². The number of carboxylic acid groups (broad SMARTS) is 1. The van der Waals surface area contributed by atoms with Crippen LogP contribution in [0.15, 0.2) is 27.6 Å². The molecule has 1 aliphatic carbocycles. The van der Waals surface area contributed by atoms with Crippen molar-refractivity contribution in [2.75, 3.05) is 6.61 Å². The van der Waals surface area contributed by atoms with E-state index in [1.807, 2.05) is 0 Å². The second-order valence-corrected chi connectivity index (χ2v) is 8.33. The molecule has 0 bridgehead atoms. The average molecular weight is 373 g/mol. The molecule has 0 amide bonds. The van der Waals surface area contributed by atoms with Crippen molar-refractivity contribution in [3.8, 4) is 0 Å². The van der Waals surface area contributed by atoms with Gasteiger partial charge in [0.15, 0.2) is 0 Å². The summed E-state index contributed by atoms with van der Waals surface area (Å²) in [5.41, 5.74) is 0.107. The molecular weight excluding hydrogens is 356 g/mol. The Labute approximate surface area is 134 Å². The van der Waals surface area contributed by atoms with E-state index in [0.29, 0.717) is 16.0 Å². The van der Waals surface area contributed by atoms with Gasteiger partial charge in [-0.3, -0.25) is 4.21 Å². The van der Waals surface area contributed by atoms with Gasteiger partial charge in [0, 0.05) is 21.2 Å². The Balaban J connectivity index is 1.81. The highest BCUT2D eigenvalue weighted by atomic mass is 79.9. The SMILES string of the molecule is O=C(O)c1cc(S(=O)C2CCOC3(CCC3)C2)ccc1Br. The quantitative estimate of drug-likeness (QED) is 0.883. The molecule has 2 atom stereocenters. The van der Waals surface area contributed by atoms with Crippen LogP contribution in [-0.4, -0.2) is 32.7 Å². The van der Waals surface area contributed by atoms with Gasteiger partial charge < -0.3 is 9.84 Å². The molecule has 3 rings (SSSR count). The molecule has 1 heterocycles. The smallest absolute Gasteiger partial charge is 0.336 e. The van der Waals surface area contributed by atoms with Crippen LogP contribution >= 0.6 is 15.9 Å². The molecule has 1 aromatic carbocycles. The van der Waals surface area contributed by atoms with Crippen LogP contribution in [-0.2, 0) is 15.5 Å². The minimum absolute atomic E-state index is 0.0520. The maximum absolute atomic E-state index is 12.8. The molecule has 114 valence electrons. The molecule has 0 radical (unpaired) electrons. The summed E-state index contributed by atoms with van der Waals surface area (Å²) < 4.78 is 19.1. The number of rotatable bonds is 3. The first kappa shape index (κ1) is 15.2. The Morgan fingerprint density at radius 1 is 1.43 bits per heavy atom. The molecule has 2 fully saturated rings. The highest BCUT2D eigenvalue weighted by Gasteiger charge is 2.44. The summed E-state index contributed by atoms with van der Waals surface area (Å²) in [7, 11) is -1.18. The van der Waals surface area contributed by atoms with Gasteiger partial charge in [0.05, 0.1) is 22.0 Å². The summed E-state index contributed by atoms with van der Waals surface area (Å²) >= 11 is 3.21. The molecule has 21 heavy (non-hydrogen) atoms. The van der Waals surface area contributed by atoms with E-state index in [4.69, 9.17) is 9.84 Å². The molecule has 2 aliphatic rings. The van der Waals surface area contributed by atoms with E-state index in [0.717, 1.165) is 25.7 Å². The first-order valence-corrected chi connectivity index (χ1v) is 9.09. The molecule has 1 aromatic rings. The minimum Gasteiger partial charge on any atom is -0.478 e. The second-order valence-electron chi connectivity index (χ2n) is 5.74. The van der Waals surface area contributed by atoms with Crippen LogP contribution in [0.4, 0.5) is 0 Å². The van der Waals surface area contributed by atoms with E-state index in [1.165, 1.54) is 12.5 Å². The zero-order valence-electron chi connectivity index (χ0n) is 11.5. The van der Waals surface area contributed by atoms with E-state index in [-0.39, 0.29) is 16.4 Å². The number of aromatic carboxylic acids is 1. The number of carboxylic acids is 1. The van der Waals surface area contributed by atoms with Gasteiger partial charge in [-0.25, -0.2) is 4.79 Å². The third-order valence-corrected chi connectivity index (χ3v) is 6.83. The Morgan fingerprint density at radius 2 is 2.19 bits per heavy atom. The molecule has 2 unspecified atom stereocenters. The fraction of sp³-hybridized carbons (Fsp3) is 0.533. The summed E-state index contributed by atoms with van der Waals surface area (Å²) in [5, 5.41) is 9.22. The lowest BCUT2D eigenvalue weighted by atomic mass is 9.75. The topological polar surface area (TPSA) is 63.6 Å². The molecule has 1 aliphatic heterocycles. The first-order valence-electron chi connectivity index (χ1n) is 7.08. The zero-order valence-corrected chi connectivity index (χ0v) is 13.9. The second kappa shape index (κ2) is 5.82. The maximum atomic E-state index is 12.8. The van der Waals surface area contributed by atoms with Crippen molar-refractivity contribution in [2.45, 2.75) is 47.9 Å². The average Bonchev–Trinajstić information content (AvgIpc) is 2.45. The monoisotopic (exact) mass is 372 g/mol. The fourth-order valence-electron chi connectivity index (χ4n) is 3.07.